The van der Waals surface area contributed by atoms with E-state index in [4.69, 9.17) is 5.73 Å². The number of aryl methyl sites for hydroxylation is 1. The first-order chi connectivity index (χ1) is 7.15. The molecule has 0 aliphatic carbocycles. The fourth-order valence-electron chi connectivity index (χ4n) is 1.51. The van der Waals surface area contributed by atoms with Gasteiger partial charge in [-0.25, -0.2) is 9.97 Å². The highest BCUT2D eigenvalue weighted by molar-refractivity contribution is 5.45. The molecule has 4 heteroatoms. The number of nitrogens with one attached hydrogen (secondary N) is 1. The van der Waals surface area contributed by atoms with Crippen LogP contribution in [0.15, 0.2) is 6.07 Å². The van der Waals surface area contributed by atoms with Crippen molar-refractivity contribution in [1.82, 2.24) is 9.97 Å². The number of nitrogen functional groups attached to an aromatic ring is 1. The average molecular weight is 208 g/mol. The zero-order valence-corrected chi connectivity index (χ0v) is 9.75. The average Bonchev–Trinajstić information content (AvgIpc) is 2.17. The van der Waals surface area contributed by atoms with E-state index in [2.05, 4.69) is 29.1 Å². The lowest BCUT2D eigenvalue weighted by atomic mass is 10.2. The van der Waals surface area contributed by atoms with E-state index in [1.807, 2.05) is 6.92 Å². The Labute approximate surface area is 91.3 Å². The Morgan fingerprint density at radius 3 is 2.73 bits per heavy atom. The maximum Gasteiger partial charge on any atom is 0.132 e. The molecule has 3 N–H and O–H groups in total. The van der Waals surface area contributed by atoms with E-state index >= 15 is 0 Å². The maximum absolute atomic E-state index is 5.69. The van der Waals surface area contributed by atoms with E-state index in [-0.39, 0.29) is 0 Å². The third-order valence-electron chi connectivity index (χ3n) is 2.22. The largest absolute Gasteiger partial charge is 0.384 e. The monoisotopic (exact) mass is 208 g/mol. The van der Waals surface area contributed by atoms with Crippen LogP contribution in [0.4, 0.5) is 11.6 Å². The van der Waals surface area contributed by atoms with Crippen molar-refractivity contribution >= 4 is 11.6 Å². The Bertz CT molecular complexity index is 311. The molecule has 1 rings (SSSR count). The van der Waals surface area contributed by atoms with Crippen molar-refractivity contribution in [3.8, 4) is 0 Å². The normalized spacial score (nSPS) is 12.5. The highest BCUT2D eigenvalue weighted by Gasteiger charge is 2.04. The quantitative estimate of drug-likeness (QED) is 0.778. The summed E-state index contributed by atoms with van der Waals surface area (Å²) in [6, 6.07) is 2.21. The van der Waals surface area contributed by atoms with Crippen LogP contribution in [0, 0.1) is 0 Å². The molecule has 15 heavy (non-hydrogen) atoms. The molecule has 0 spiro atoms. The summed E-state index contributed by atoms with van der Waals surface area (Å²) in [4.78, 5) is 8.50. The van der Waals surface area contributed by atoms with Gasteiger partial charge in [0.25, 0.3) is 0 Å². The van der Waals surface area contributed by atoms with E-state index < -0.39 is 0 Å². The van der Waals surface area contributed by atoms with E-state index in [1.165, 1.54) is 0 Å². The SMILES string of the molecule is CCCC(C)Nc1cc(N)nc(CC)n1. The van der Waals surface area contributed by atoms with Gasteiger partial charge in [0.05, 0.1) is 0 Å². The van der Waals surface area contributed by atoms with Crippen molar-refractivity contribution in [3.05, 3.63) is 11.9 Å². The summed E-state index contributed by atoms with van der Waals surface area (Å²) in [5.74, 6) is 2.16. The molecule has 1 aromatic rings. The molecule has 0 fully saturated rings. The van der Waals surface area contributed by atoms with Crippen molar-refractivity contribution in [1.29, 1.82) is 0 Å². The zero-order chi connectivity index (χ0) is 11.3. The fourth-order valence-corrected chi connectivity index (χ4v) is 1.51. The first kappa shape index (κ1) is 11.8. The number of nitrogens with zero attached hydrogens (tertiary/aromatic N) is 2. The van der Waals surface area contributed by atoms with Gasteiger partial charge >= 0.3 is 0 Å². The summed E-state index contributed by atoms with van der Waals surface area (Å²) in [6.45, 7) is 6.34. The molecule has 0 saturated heterocycles. The van der Waals surface area contributed by atoms with Crippen LogP contribution in [-0.4, -0.2) is 16.0 Å². The summed E-state index contributed by atoms with van der Waals surface area (Å²) < 4.78 is 0. The molecule has 0 aliphatic heterocycles. The number of rotatable bonds is 5. The second kappa shape index (κ2) is 5.53. The molecule has 1 heterocycles. The summed E-state index contributed by atoms with van der Waals surface area (Å²) >= 11 is 0. The smallest absolute Gasteiger partial charge is 0.132 e. The molecule has 4 nitrogen and oxygen atoms in total. The minimum Gasteiger partial charge on any atom is -0.384 e. The van der Waals surface area contributed by atoms with E-state index in [1.54, 1.807) is 6.07 Å². The lowest BCUT2D eigenvalue weighted by molar-refractivity contribution is 0.686. The molecule has 0 saturated carbocycles. The lowest BCUT2D eigenvalue weighted by Gasteiger charge is -2.14. The van der Waals surface area contributed by atoms with Gasteiger partial charge in [-0.05, 0) is 13.3 Å². The molecule has 0 aromatic carbocycles. The van der Waals surface area contributed by atoms with Gasteiger partial charge in [0.15, 0.2) is 0 Å². The third kappa shape index (κ3) is 3.73. The Balaban J connectivity index is 2.71. The van der Waals surface area contributed by atoms with Gasteiger partial charge in [-0.1, -0.05) is 20.3 Å². The molecule has 0 radical (unpaired) electrons. The minimum atomic E-state index is 0.425. The van der Waals surface area contributed by atoms with E-state index in [9.17, 15) is 0 Å². The minimum absolute atomic E-state index is 0.425. The van der Waals surface area contributed by atoms with Crippen molar-refractivity contribution < 1.29 is 0 Å². The van der Waals surface area contributed by atoms with Crippen LogP contribution < -0.4 is 11.1 Å². The molecule has 1 unspecified atom stereocenters. The first-order valence-electron chi connectivity index (χ1n) is 5.55. The first-order valence-corrected chi connectivity index (χ1v) is 5.55. The van der Waals surface area contributed by atoms with Crippen LogP contribution in [0.25, 0.3) is 0 Å². The van der Waals surface area contributed by atoms with Gasteiger partial charge in [0.2, 0.25) is 0 Å². The lowest BCUT2D eigenvalue weighted by Crippen LogP contribution is -2.16. The summed E-state index contributed by atoms with van der Waals surface area (Å²) in [5.41, 5.74) is 5.69. The highest BCUT2D eigenvalue weighted by atomic mass is 15.1. The van der Waals surface area contributed by atoms with Crippen LogP contribution in [0.1, 0.15) is 39.4 Å². The van der Waals surface area contributed by atoms with Crippen LogP contribution in [0.5, 0.6) is 0 Å². The molecular formula is C11H20N4. The molecule has 84 valence electrons. The Morgan fingerprint density at radius 2 is 2.13 bits per heavy atom. The molecule has 0 bridgehead atoms. The zero-order valence-electron chi connectivity index (χ0n) is 9.75. The van der Waals surface area contributed by atoms with Crippen LogP contribution in [0.2, 0.25) is 0 Å². The second-order valence-corrected chi connectivity index (χ2v) is 3.78. The predicted octanol–water partition coefficient (Wildman–Crippen LogP) is 2.22. The number of hydrogen-bond acceptors (Lipinski definition) is 4. The van der Waals surface area contributed by atoms with Crippen molar-refractivity contribution in [3.63, 3.8) is 0 Å². The molecule has 0 amide bonds. The van der Waals surface area contributed by atoms with Crippen molar-refractivity contribution in [2.75, 3.05) is 11.1 Å². The highest BCUT2D eigenvalue weighted by Crippen LogP contribution is 2.11. The van der Waals surface area contributed by atoms with Gasteiger partial charge < -0.3 is 11.1 Å². The van der Waals surface area contributed by atoms with Crippen molar-refractivity contribution in [2.24, 2.45) is 0 Å². The van der Waals surface area contributed by atoms with Gasteiger partial charge in [-0.15, -0.1) is 0 Å². The molecule has 1 atom stereocenters. The predicted molar refractivity (Wildman–Crippen MR) is 63.8 cm³/mol. The fraction of sp³-hybridized carbons (Fsp3) is 0.636. The third-order valence-corrected chi connectivity index (χ3v) is 2.22. The summed E-state index contributed by atoms with van der Waals surface area (Å²) in [7, 11) is 0. The van der Waals surface area contributed by atoms with Gasteiger partial charge in [0, 0.05) is 18.5 Å². The summed E-state index contributed by atoms with van der Waals surface area (Å²) in [5, 5.41) is 3.33. The number of anilines is 2. The van der Waals surface area contributed by atoms with Gasteiger partial charge in [-0.2, -0.15) is 0 Å². The van der Waals surface area contributed by atoms with Crippen LogP contribution >= 0.6 is 0 Å². The van der Waals surface area contributed by atoms with Gasteiger partial charge in [-0.3, -0.25) is 0 Å². The maximum atomic E-state index is 5.69. The van der Waals surface area contributed by atoms with E-state index in [0.29, 0.717) is 11.9 Å². The second-order valence-electron chi connectivity index (χ2n) is 3.78. The number of hydrogen-bond donors (Lipinski definition) is 2. The topological polar surface area (TPSA) is 63.8 Å². The Morgan fingerprint density at radius 1 is 1.40 bits per heavy atom. The number of aromatic nitrogens is 2. The Kier molecular flexibility index (Phi) is 4.34. The standard InChI is InChI=1S/C11H20N4/c1-4-6-8(3)13-11-7-9(12)14-10(5-2)15-11/h7-8H,4-6H2,1-3H3,(H3,12,13,14,15). The van der Waals surface area contributed by atoms with E-state index in [0.717, 1.165) is 30.9 Å². The van der Waals surface area contributed by atoms with Gasteiger partial charge in [0.1, 0.15) is 17.5 Å². The number of nitrogens with two attached hydrogens (primary N) is 1. The van der Waals surface area contributed by atoms with Crippen molar-refractivity contribution in [2.45, 2.75) is 46.1 Å². The Hall–Kier alpha value is -1.32. The summed E-state index contributed by atoms with van der Waals surface area (Å²) in [6.07, 6.45) is 3.10. The molecular weight excluding hydrogens is 188 g/mol. The molecule has 0 aliphatic rings. The van der Waals surface area contributed by atoms with Crippen LogP contribution in [0.3, 0.4) is 0 Å². The molecule has 1 aromatic heterocycles. The van der Waals surface area contributed by atoms with Crippen LogP contribution in [-0.2, 0) is 6.42 Å².